The van der Waals surface area contributed by atoms with Crippen LogP contribution in [0.5, 0.6) is 5.75 Å². The number of ether oxygens (including phenoxy) is 1. The maximum absolute atomic E-state index is 11.2. The van der Waals surface area contributed by atoms with Gasteiger partial charge in [0.15, 0.2) is 5.92 Å². The second-order valence-corrected chi connectivity index (χ2v) is 6.44. The summed E-state index contributed by atoms with van der Waals surface area (Å²) in [6, 6.07) is 6.72. The van der Waals surface area contributed by atoms with E-state index in [-0.39, 0.29) is 5.41 Å². The highest BCUT2D eigenvalue weighted by molar-refractivity contribution is 5.94. The molecule has 23 heavy (non-hydrogen) atoms. The van der Waals surface area contributed by atoms with E-state index in [0.717, 1.165) is 0 Å². The van der Waals surface area contributed by atoms with Gasteiger partial charge in [0.1, 0.15) is 5.75 Å². The van der Waals surface area contributed by atoms with E-state index in [9.17, 15) is 9.59 Å². The Hall–Kier alpha value is -2.48. The molecule has 0 aliphatic heterocycles. The van der Waals surface area contributed by atoms with Crippen LogP contribution in [0, 0.1) is 23.2 Å². The van der Waals surface area contributed by atoms with Gasteiger partial charge in [-0.25, -0.2) is 0 Å². The van der Waals surface area contributed by atoms with Gasteiger partial charge in [0.05, 0.1) is 12.5 Å². The fraction of sp³-hybridized carbons (Fsp3) is 0.444. The van der Waals surface area contributed by atoms with E-state index < -0.39 is 23.8 Å². The third-order valence-corrected chi connectivity index (χ3v) is 3.08. The van der Waals surface area contributed by atoms with Crippen LogP contribution in [0.3, 0.4) is 0 Å². The first kappa shape index (κ1) is 18.6. The zero-order valence-electron chi connectivity index (χ0n) is 13.8. The minimum Gasteiger partial charge on any atom is -0.493 e. The summed E-state index contributed by atoms with van der Waals surface area (Å²) in [6.07, 6.45) is 0. The van der Waals surface area contributed by atoms with Crippen molar-refractivity contribution in [2.24, 2.45) is 11.3 Å². The zero-order valence-corrected chi connectivity index (χ0v) is 13.8. The number of carbonyl (C=O) groups is 2. The van der Waals surface area contributed by atoms with Crippen molar-refractivity contribution in [3.63, 3.8) is 0 Å². The molecule has 0 amide bonds. The Morgan fingerprint density at radius 1 is 1.13 bits per heavy atom. The highest BCUT2D eigenvalue weighted by Gasteiger charge is 2.35. The van der Waals surface area contributed by atoms with Crippen LogP contribution in [-0.2, 0) is 9.59 Å². The molecule has 1 atom stereocenters. The van der Waals surface area contributed by atoms with Crippen LogP contribution in [0.2, 0.25) is 0 Å². The summed E-state index contributed by atoms with van der Waals surface area (Å²) in [5, 5.41) is 18.3. The molecule has 0 aliphatic rings. The molecule has 1 aromatic carbocycles. The second kappa shape index (κ2) is 7.68. The molecule has 0 aliphatic carbocycles. The number of carboxylic acid groups (broad SMARTS) is 2. The molecule has 0 unspecified atom stereocenters. The lowest BCUT2D eigenvalue weighted by molar-refractivity contribution is -0.154. The SMILES string of the molecule is CC#C[C@H](c1ccc(OCC(C)(C)C)cc1)C(C(=O)O)C(=O)O. The average Bonchev–Trinajstić information content (AvgIpc) is 2.43. The summed E-state index contributed by atoms with van der Waals surface area (Å²) >= 11 is 0. The number of aliphatic carboxylic acids is 2. The molecular weight excluding hydrogens is 296 g/mol. The van der Waals surface area contributed by atoms with E-state index in [1.807, 2.05) is 0 Å². The first-order chi connectivity index (χ1) is 10.7. The van der Waals surface area contributed by atoms with Crippen molar-refractivity contribution < 1.29 is 24.5 Å². The molecule has 0 heterocycles. The molecule has 0 aromatic heterocycles. The fourth-order valence-electron chi connectivity index (χ4n) is 1.98. The lowest BCUT2D eigenvalue weighted by Crippen LogP contribution is -2.29. The quantitative estimate of drug-likeness (QED) is 0.622. The molecule has 0 radical (unpaired) electrons. The van der Waals surface area contributed by atoms with Crippen molar-refractivity contribution in [3.05, 3.63) is 29.8 Å². The summed E-state index contributed by atoms with van der Waals surface area (Å²) in [5.41, 5.74) is 0.560. The van der Waals surface area contributed by atoms with Crippen molar-refractivity contribution in [1.82, 2.24) is 0 Å². The third kappa shape index (κ3) is 5.67. The van der Waals surface area contributed by atoms with Gasteiger partial charge in [-0.3, -0.25) is 9.59 Å². The third-order valence-electron chi connectivity index (χ3n) is 3.08. The van der Waals surface area contributed by atoms with Crippen molar-refractivity contribution >= 4 is 11.9 Å². The number of rotatable bonds is 6. The van der Waals surface area contributed by atoms with E-state index in [2.05, 4.69) is 32.6 Å². The van der Waals surface area contributed by atoms with Gasteiger partial charge in [0.2, 0.25) is 0 Å². The molecule has 2 N–H and O–H groups in total. The Balaban J connectivity index is 3.03. The normalized spacial score (nSPS) is 12.2. The minimum absolute atomic E-state index is 0.0204. The standard InChI is InChI=1S/C18H22O5/c1-5-6-14(15(16(19)20)17(21)22)12-7-9-13(10-8-12)23-11-18(2,3)4/h7-10,14-15H,11H2,1-4H3,(H,19,20)(H,21,22)/t14-/m1/s1. The minimum atomic E-state index is -1.61. The lowest BCUT2D eigenvalue weighted by atomic mass is 9.86. The Kier molecular flexibility index (Phi) is 6.20. The molecule has 0 saturated carbocycles. The highest BCUT2D eigenvalue weighted by atomic mass is 16.5. The summed E-state index contributed by atoms with van der Waals surface area (Å²) in [6.45, 7) is 8.25. The molecule has 1 aromatic rings. The predicted molar refractivity (Wildman–Crippen MR) is 86.3 cm³/mol. The average molecular weight is 318 g/mol. The lowest BCUT2D eigenvalue weighted by Gasteiger charge is -2.20. The number of hydrogen-bond donors (Lipinski definition) is 2. The second-order valence-electron chi connectivity index (χ2n) is 6.44. The topological polar surface area (TPSA) is 83.8 Å². The van der Waals surface area contributed by atoms with Crippen LogP contribution in [0.15, 0.2) is 24.3 Å². The van der Waals surface area contributed by atoms with Gasteiger partial charge in [-0.05, 0) is 30.0 Å². The maximum Gasteiger partial charge on any atom is 0.319 e. The number of carboxylic acids is 2. The maximum atomic E-state index is 11.2. The Labute approximate surface area is 136 Å². The van der Waals surface area contributed by atoms with Crippen LogP contribution in [0.4, 0.5) is 0 Å². The van der Waals surface area contributed by atoms with Crippen molar-refractivity contribution in [3.8, 4) is 17.6 Å². The van der Waals surface area contributed by atoms with Gasteiger partial charge in [-0.1, -0.05) is 38.8 Å². The van der Waals surface area contributed by atoms with Crippen LogP contribution in [-0.4, -0.2) is 28.8 Å². The number of hydrogen-bond acceptors (Lipinski definition) is 3. The van der Waals surface area contributed by atoms with E-state index in [0.29, 0.717) is 17.9 Å². The molecule has 0 spiro atoms. The van der Waals surface area contributed by atoms with Crippen LogP contribution in [0.1, 0.15) is 39.2 Å². The van der Waals surface area contributed by atoms with Crippen molar-refractivity contribution in [1.29, 1.82) is 0 Å². The van der Waals surface area contributed by atoms with Gasteiger partial charge in [0, 0.05) is 0 Å². The largest absolute Gasteiger partial charge is 0.493 e. The molecular formula is C18H22O5. The van der Waals surface area contributed by atoms with Crippen LogP contribution in [0.25, 0.3) is 0 Å². The molecule has 0 bridgehead atoms. The monoisotopic (exact) mass is 318 g/mol. The molecule has 5 heteroatoms. The molecule has 5 nitrogen and oxygen atoms in total. The van der Waals surface area contributed by atoms with Gasteiger partial charge in [-0.2, -0.15) is 0 Å². The highest BCUT2D eigenvalue weighted by Crippen LogP contribution is 2.27. The van der Waals surface area contributed by atoms with Crippen molar-refractivity contribution in [2.45, 2.75) is 33.6 Å². The molecule has 0 saturated heterocycles. The molecule has 1 rings (SSSR count). The summed E-state index contributed by atoms with van der Waals surface area (Å²) in [7, 11) is 0. The van der Waals surface area contributed by atoms with Gasteiger partial charge in [-0.15, -0.1) is 5.92 Å². The van der Waals surface area contributed by atoms with Crippen molar-refractivity contribution in [2.75, 3.05) is 6.61 Å². The van der Waals surface area contributed by atoms with E-state index in [4.69, 9.17) is 14.9 Å². The molecule has 124 valence electrons. The Morgan fingerprint density at radius 3 is 2.04 bits per heavy atom. The Bertz CT molecular complexity index is 600. The number of benzene rings is 1. The van der Waals surface area contributed by atoms with E-state index >= 15 is 0 Å². The van der Waals surface area contributed by atoms with Crippen LogP contribution >= 0.6 is 0 Å². The fourth-order valence-corrected chi connectivity index (χ4v) is 1.98. The summed E-state index contributed by atoms with van der Waals surface area (Å²) in [4.78, 5) is 22.5. The first-order valence-electron chi connectivity index (χ1n) is 7.26. The van der Waals surface area contributed by atoms with E-state index in [1.54, 1.807) is 31.2 Å². The van der Waals surface area contributed by atoms with Gasteiger partial charge in [0.25, 0.3) is 0 Å². The summed E-state index contributed by atoms with van der Waals surface area (Å²) in [5.74, 6) is 0.614. The zero-order chi connectivity index (χ0) is 17.6. The van der Waals surface area contributed by atoms with Gasteiger partial charge >= 0.3 is 11.9 Å². The smallest absolute Gasteiger partial charge is 0.319 e. The van der Waals surface area contributed by atoms with Gasteiger partial charge < -0.3 is 14.9 Å². The predicted octanol–water partition coefficient (Wildman–Crippen LogP) is 3.00. The molecule has 0 fully saturated rings. The Morgan fingerprint density at radius 2 is 1.65 bits per heavy atom. The first-order valence-corrected chi connectivity index (χ1v) is 7.26. The van der Waals surface area contributed by atoms with Crippen LogP contribution < -0.4 is 4.74 Å². The summed E-state index contributed by atoms with van der Waals surface area (Å²) < 4.78 is 5.65. The van der Waals surface area contributed by atoms with E-state index in [1.165, 1.54) is 0 Å².